The Morgan fingerprint density at radius 3 is 2.69 bits per heavy atom. The summed E-state index contributed by atoms with van der Waals surface area (Å²) in [6, 6.07) is 4.26. The third-order valence-corrected chi connectivity index (χ3v) is 4.46. The fraction of sp³-hybridized carbons (Fsp3) is 0.333. The molecule has 1 aromatic rings. The van der Waals surface area contributed by atoms with E-state index in [0.717, 1.165) is 4.47 Å². The number of nitrogens with one attached hydrogen (secondary N) is 1. The average molecular weight is 328 g/mol. The minimum absolute atomic E-state index is 0.0534. The second-order valence-corrected chi connectivity index (χ2v) is 6.34. The van der Waals surface area contributed by atoms with Crippen LogP contribution in [0.3, 0.4) is 0 Å². The van der Waals surface area contributed by atoms with Crippen LogP contribution in [0.1, 0.15) is 6.92 Å². The van der Waals surface area contributed by atoms with Crippen LogP contribution in [0.25, 0.3) is 0 Å². The van der Waals surface area contributed by atoms with Gasteiger partial charge in [0.05, 0.1) is 5.02 Å². The minimum Gasteiger partial charge on any atom is -0.329 e. The summed E-state index contributed by atoms with van der Waals surface area (Å²) in [5.74, 6) is 0. The van der Waals surface area contributed by atoms with Crippen LogP contribution in [0.4, 0.5) is 0 Å². The molecule has 0 aromatic heterocycles. The Hall–Kier alpha value is -0.140. The van der Waals surface area contributed by atoms with E-state index in [1.807, 2.05) is 0 Å². The van der Waals surface area contributed by atoms with Crippen LogP contribution in [0.5, 0.6) is 0 Å². The number of sulfonamides is 1. The van der Waals surface area contributed by atoms with Gasteiger partial charge in [-0.15, -0.1) is 0 Å². The Kier molecular flexibility index (Phi) is 4.75. The Morgan fingerprint density at radius 2 is 2.19 bits per heavy atom. The molecular weight excluding hydrogens is 316 g/mol. The van der Waals surface area contributed by atoms with Crippen molar-refractivity contribution in [1.82, 2.24) is 4.72 Å². The summed E-state index contributed by atoms with van der Waals surface area (Å²) < 4.78 is 26.9. The van der Waals surface area contributed by atoms with Crippen molar-refractivity contribution in [2.75, 3.05) is 6.54 Å². The summed E-state index contributed by atoms with van der Waals surface area (Å²) in [6.07, 6.45) is 0. The molecule has 4 nitrogen and oxygen atoms in total. The van der Waals surface area contributed by atoms with Crippen molar-refractivity contribution in [3.63, 3.8) is 0 Å². The molecule has 90 valence electrons. The van der Waals surface area contributed by atoms with Crippen LogP contribution in [0.15, 0.2) is 27.6 Å². The first kappa shape index (κ1) is 13.9. The Bertz CT molecular complexity index is 478. The molecule has 1 atom stereocenters. The highest BCUT2D eigenvalue weighted by atomic mass is 79.9. The molecule has 0 spiro atoms. The molecule has 0 radical (unpaired) electrons. The molecule has 0 heterocycles. The first-order chi connectivity index (χ1) is 7.36. The van der Waals surface area contributed by atoms with Crippen molar-refractivity contribution in [3.8, 4) is 0 Å². The summed E-state index contributed by atoms with van der Waals surface area (Å²) in [4.78, 5) is 0.0534. The quantitative estimate of drug-likeness (QED) is 0.884. The average Bonchev–Trinajstić information content (AvgIpc) is 2.16. The highest BCUT2D eigenvalue weighted by Gasteiger charge is 2.19. The zero-order valence-corrected chi connectivity index (χ0v) is 11.7. The second kappa shape index (κ2) is 5.46. The third kappa shape index (κ3) is 3.43. The topological polar surface area (TPSA) is 72.2 Å². The molecule has 0 aliphatic heterocycles. The van der Waals surface area contributed by atoms with Gasteiger partial charge in [0.25, 0.3) is 0 Å². The van der Waals surface area contributed by atoms with Gasteiger partial charge in [-0.1, -0.05) is 27.5 Å². The number of nitrogens with two attached hydrogens (primary N) is 1. The maximum Gasteiger partial charge on any atom is 0.242 e. The van der Waals surface area contributed by atoms with E-state index < -0.39 is 10.0 Å². The molecule has 0 aliphatic carbocycles. The molecule has 0 saturated heterocycles. The molecule has 0 fully saturated rings. The molecule has 0 bridgehead atoms. The monoisotopic (exact) mass is 326 g/mol. The van der Waals surface area contributed by atoms with E-state index >= 15 is 0 Å². The summed E-state index contributed by atoms with van der Waals surface area (Å²) >= 11 is 9.07. The Morgan fingerprint density at radius 1 is 1.56 bits per heavy atom. The number of halogens is 2. The lowest BCUT2D eigenvalue weighted by molar-refractivity contribution is 0.563. The van der Waals surface area contributed by atoms with E-state index in [4.69, 9.17) is 17.3 Å². The summed E-state index contributed by atoms with van der Waals surface area (Å²) in [7, 11) is -3.60. The molecular formula is C9H12BrClN2O2S. The number of hydrogen-bond donors (Lipinski definition) is 2. The van der Waals surface area contributed by atoms with Gasteiger partial charge in [0.2, 0.25) is 10.0 Å². The van der Waals surface area contributed by atoms with Crippen molar-refractivity contribution < 1.29 is 8.42 Å². The molecule has 7 heteroatoms. The molecule has 1 aromatic carbocycles. The number of benzene rings is 1. The summed E-state index contributed by atoms with van der Waals surface area (Å²) in [5.41, 5.74) is 5.35. The number of rotatable bonds is 4. The lowest BCUT2D eigenvalue weighted by Gasteiger charge is -2.12. The van der Waals surface area contributed by atoms with Gasteiger partial charge in [0.1, 0.15) is 4.90 Å². The van der Waals surface area contributed by atoms with Gasteiger partial charge in [-0.05, 0) is 25.1 Å². The molecule has 16 heavy (non-hydrogen) atoms. The SMILES string of the molecule is C[C@@H](CN)NS(=O)(=O)c1ccc(Br)cc1Cl. The van der Waals surface area contributed by atoms with Gasteiger partial charge < -0.3 is 5.73 Å². The highest BCUT2D eigenvalue weighted by molar-refractivity contribution is 9.10. The van der Waals surface area contributed by atoms with Crippen LogP contribution < -0.4 is 10.5 Å². The zero-order chi connectivity index (χ0) is 12.3. The fourth-order valence-corrected chi connectivity index (χ4v) is 3.36. The predicted molar refractivity (Wildman–Crippen MR) is 68.0 cm³/mol. The normalized spacial score (nSPS) is 13.8. The summed E-state index contributed by atoms with van der Waals surface area (Å²) in [6.45, 7) is 1.91. The van der Waals surface area contributed by atoms with E-state index in [9.17, 15) is 8.42 Å². The van der Waals surface area contributed by atoms with Gasteiger partial charge in [-0.25, -0.2) is 13.1 Å². The lowest BCUT2D eigenvalue weighted by atomic mass is 10.4. The molecule has 0 amide bonds. The van der Waals surface area contributed by atoms with E-state index in [1.165, 1.54) is 12.1 Å². The standard InChI is InChI=1S/C9H12BrClN2O2S/c1-6(5-12)13-16(14,15)9-3-2-7(10)4-8(9)11/h2-4,6,13H,5,12H2,1H3/t6-/m0/s1. The van der Waals surface area contributed by atoms with Crippen LogP contribution >= 0.6 is 27.5 Å². The zero-order valence-electron chi connectivity index (χ0n) is 8.57. The first-order valence-electron chi connectivity index (χ1n) is 4.54. The van der Waals surface area contributed by atoms with E-state index in [-0.39, 0.29) is 22.5 Å². The van der Waals surface area contributed by atoms with Crippen molar-refractivity contribution in [2.24, 2.45) is 5.73 Å². The van der Waals surface area contributed by atoms with E-state index in [0.29, 0.717) is 0 Å². The molecule has 0 unspecified atom stereocenters. The van der Waals surface area contributed by atoms with Crippen molar-refractivity contribution in [2.45, 2.75) is 17.9 Å². The molecule has 1 rings (SSSR count). The number of hydrogen-bond acceptors (Lipinski definition) is 3. The maximum absolute atomic E-state index is 11.9. The third-order valence-electron chi connectivity index (χ3n) is 1.89. The van der Waals surface area contributed by atoms with E-state index in [1.54, 1.807) is 13.0 Å². The maximum atomic E-state index is 11.9. The highest BCUT2D eigenvalue weighted by Crippen LogP contribution is 2.25. The largest absolute Gasteiger partial charge is 0.329 e. The fourth-order valence-electron chi connectivity index (χ4n) is 1.07. The molecule has 3 N–H and O–H groups in total. The smallest absolute Gasteiger partial charge is 0.242 e. The Balaban J connectivity index is 3.08. The van der Waals surface area contributed by atoms with Gasteiger partial charge in [-0.2, -0.15) is 0 Å². The molecule has 0 aliphatic rings. The van der Waals surface area contributed by atoms with Crippen molar-refractivity contribution >= 4 is 37.6 Å². The van der Waals surface area contributed by atoms with Crippen LogP contribution in [0.2, 0.25) is 5.02 Å². The lowest BCUT2D eigenvalue weighted by Crippen LogP contribution is -2.37. The summed E-state index contributed by atoms with van der Waals surface area (Å²) in [5, 5.41) is 0.172. The first-order valence-corrected chi connectivity index (χ1v) is 7.19. The van der Waals surface area contributed by atoms with Gasteiger partial charge in [0.15, 0.2) is 0 Å². The molecule has 0 saturated carbocycles. The predicted octanol–water partition coefficient (Wildman–Crippen LogP) is 1.73. The second-order valence-electron chi connectivity index (χ2n) is 3.33. The van der Waals surface area contributed by atoms with Crippen molar-refractivity contribution in [1.29, 1.82) is 0 Å². The van der Waals surface area contributed by atoms with Crippen LogP contribution in [-0.2, 0) is 10.0 Å². The van der Waals surface area contributed by atoms with Crippen molar-refractivity contribution in [3.05, 3.63) is 27.7 Å². The minimum atomic E-state index is -3.60. The van der Waals surface area contributed by atoms with Gasteiger partial charge >= 0.3 is 0 Å². The van der Waals surface area contributed by atoms with Gasteiger partial charge in [-0.3, -0.25) is 0 Å². The van der Waals surface area contributed by atoms with Crippen LogP contribution in [-0.4, -0.2) is 21.0 Å². The van der Waals surface area contributed by atoms with E-state index in [2.05, 4.69) is 20.7 Å². The van der Waals surface area contributed by atoms with Crippen LogP contribution in [0, 0.1) is 0 Å². The Labute approximate surface area is 108 Å². The van der Waals surface area contributed by atoms with Gasteiger partial charge in [0, 0.05) is 17.1 Å².